The van der Waals surface area contributed by atoms with Crippen LogP contribution in [0.15, 0.2) is 48.5 Å². The fourth-order valence-electron chi connectivity index (χ4n) is 4.77. The van der Waals surface area contributed by atoms with E-state index in [2.05, 4.69) is 4.74 Å². The second-order valence-electron chi connectivity index (χ2n) is 8.24. The maximum atomic E-state index is 13.7. The predicted molar refractivity (Wildman–Crippen MR) is 115 cm³/mol. The molecule has 1 aliphatic carbocycles. The van der Waals surface area contributed by atoms with Crippen molar-refractivity contribution >= 4 is 21.7 Å². The van der Waals surface area contributed by atoms with Crippen LogP contribution < -0.4 is 9.64 Å². The third kappa shape index (κ3) is 4.04. The number of carbonyl (C=O) groups is 1. The van der Waals surface area contributed by atoms with Gasteiger partial charge in [0.25, 0.3) is 0 Å². The monoisotopic (exact) mass is 484 g/mol. The predicted octanol–water partition coefficient (Wildman–Crippen LogP) is 3.35. The molecule has 1 aliphatic heterocycles. The molecule has 2 aromatic rings. The molecule has 2 aromatic carbocycles. The topological polar surface area (TPSA) is 87.2 Å². The molecule has 0 radical (unpaired) electrons. The van der Waals surface area contributed by atoms with Gasteiger partial charge in [-0.1, -0.05) is 24.3 Å². The SMILES string of the molecule is CC1CN(c2ccc(OC(F)(F)F)cc2)CCN1S(=O)(=O)C1(C(=O)O)CCc2ccccc21. The first kappa shape index (κ1) is 23.4. The van der Waals surface area contributed by atoms with Gasteiger partial charge in [0, 0.05) is 31.4 Å². The third-order valence-electron chi connectivity index (χ3n) is 6.30. The Balaban J connectivity index is 1.56. The normalized spacial score (nSPS) is 23.9. The number of fused-ring (bicyclic) bond motifs is 1. The minimum Gasteiger partial charge on any atom is -0.480 e. The van der Waals surface area contributed by atoms with Crippen molar-refractivity contribution in [3.63, 3.8) is 0 Å². The van der Waals surface area contributed by atoms with Gasteiger partial charge in [-0.05, 0) is 55.2 Å². The Morgan fingerprint density at radius 2 is 1.79 bits per heavy atom. The molecule has 1 saturated heterocycles. The number of hydrogen-bond acceptors (Lipinski definition) is 5. The molecule has 2 unspecified atom stereocenters. The van der Waals surface area contributed by atoms with Gasteiger partial charge in [-0.25, -0.2) is 8.42 Å². The minimum absolute atomic E-state index is 0.0301. The molecule has 1 fully saturated rings. The molecule has 4 rings (SSSR count). The number of halogens is 3. The molecular formula is C22H23F3N2O5S. The van der Waals surface area contributed by atoms with Crippen LogP contribution in [0.2, 0.25) is 0 Å². The number of aliphatic carboxylic acids is 1. The summed E-state index contributed by atoms with van der Waals surface area (Å²) in [6.07, 6.45) is -4.45. The summed E-state index contributed by atoms with van der Waals surface area (Å²) >= 11 is 0. The Bertz CT molecular complexity index is 1150. The van der Waals surface area contributed by atoms with Gasteiger partial charge >= 0.3 is 12.3 Å². The second-order valence-corrected chi connectivity index (χ2v) is 10.4. The molecule has 0 spiro atoms. The second kappa shape index (κ2) is 8.21. The number of carboxylic acid groups (broad SMARTS) is 1. The maximum Gasteiger partial charge on any atom is 0.573 e. The molecular weight excluding hydrogens is 461 g/mol. The van der Waals surface area contributed by atoms with E-state index in [4.69, 9.17) is 0 Å². The Morgan fingerprint density at radius 1 is 1.12 bits per heavy atom. The molecule has 2 atom stereocenters. The van der Waals surface area contributed by atoms with Crippen LogP contribution in [0.1, 0.15) is 24.5 Å². The van der Waals surface area contributed by atoms with Crippen molar-refractivity contribution in [1.82, 2.24) is 4.31 Å². The van der Waals surface area contributed by atoms with E-state index in [1.54, 1.807) is 31.2 Å². The smallest absolute Gasteiger partial charge is 0.480 e. The molecule has 11 heteroatoms. The van der Waals surface area contributed by atoms with E-state index in [0.717, 1.165) is 5.56 Å². The lowest BCUT2D eigenvalue weighted by Crippen LogP contribution is -2.59. The molecule has 2 aliphatic rings. The number of piperazine rings is 1. The molecule has 0 amide bonds. The van der Waals surface area contributed by atoms with E-state index in [1.165, 1.54) is 28.6 Å². The number of benzene rings is 2. The largest absolute Gasteiger partial charge is 0.573 e. The Morgan fingerprint density at radius 3 is 2.39 bits per heavy atom. The molecule has 1 N–H and O–H groups in total. The van der Waals surface area contributed by atoms with Crippen LogP contribution in [0.5, 0.6) is 5.75 Å². The van der Waals surface area contributed by atoms with Gasteiger partial charge in [-0.3, -0.25) is 4.79 Å². The fourth-order valence-corrected chi connectivity index (χ4v) is 7.09. The van der Waals surface area contributed by atoms with Crippen LogP contribution in [0, 0.1) is 0 Å². The van der Waals surface area contributed by atoms with Gasteiger partial charge in [0.2, 0.25) is 14.8 Å². The first-order valence-electron chi connectivity index (χ1n) is 10.4. The fraction of sp³-hybridized carbons (Fsp3) is 0.409. The van der Waals surface area contributed by atoms with Gasteiger partial charge in [0.05, 0.1) is 0 Å². The Hall–Kier alpha value is -2.79. The molecule has 0 bridgehead atoms. The molecule has 0 saturated carbocycles. The molecule has 7 nitrogen and oxygen atoms in total. The lowest BCUT2D eigenvalue weighted by molar-refractivity contribution is -0.274. The van der Waals surface area contributed by atoms with E-state index in [9.17, 15) is 31.5 Å². The van der Waals surface area contributed by atoms with Gasteiger partial charge in [0.1, 0.15) is 5.75 Å². The molecule has 178 valence electrons. The average molecular weight is 484 g/mol. The van der Waals surface area contributed by atoms with E-state index >= 15 is 0 Å². The number of anilines is 1. The zero-order valence-electron chi connectivity index (χ0n) is 17.7. The van der Waals surface area contributed by atoms with E-state index < -0.39 is 33.1 Å². The van der Waals surface area contributed by atoms with E-state index in [1.807, 2.05) is 4.90 Å². The van der Waals surface area contributed by atoms with Gasteiger partial charge in [-0.15, -0.1) is 13.2 Å². The van der Waals surface area contributed by atoms with Crippen LogP contribution in [0.4, 0.5) is 18.9 Å². The van der Waals surface area contributed by atoms with Crippen molar-refractivity contribution in [2.45, 2.75) is 36.9 Å². The Kier molecular flexibility index (Phi) is 5.81. The lowest BCUT2D eigenvalue weighted by Gasteiger charge is -2.43. The van der Waals surface area contributed by atoms with Crippen molar-refractivity contribution in [2.24, 2.45) is 0 Å². The summed E-state index contributed by atoms with van der Waals surface area (Å²) in [5, 5.41) is 10.1. The molecule has 33 heavy (non-hydrogen) atoms. The van der Waals surface area contributed by atoms with Crippen LogP contribution in [-0.2, 0) is 26.0 Å². The van der Waals surface area contributed by atoms with Crippen LogP contribution in [0.3, 0.4) is 0 Å². The Labute approximate surface area is 189 Å². The van der Waals surface area contributed by atoms with Gasteiger partial charge in [-0.2, -0.15) is 4.31 Å². The summed E-state index contributed by atoms with van der Waals surface area (Å²) in [7, 11) is -4.26. The van der Waals surface area contributed by atoms with Crippen molar-refractivity contribution in [2.75, 3.05) is 24.5 Å². The average Bonchev–Trinajstić information content (AvgIpc) is 3.14. The highest BCUT2D eigenvalue weighted by Crippen LogP contribution is 2.46. The van der Waals surface area contributed by atoms with Crippen molar-refractivity contribution < 1.29 is 36.2 Å². The van der Waals surface area contributed by atoms with Gasteiger partial charge < -0.3 is 14.7 Å². The van der Waals surface area contributed by atoms with Crippen LogP contribution in [0.25, 0.3) is 0 Å². The zero-order chi connectivity index (χ0) is 24.0. The number of alkyl halides is 3. The van der Waals surface area contributed by atoms with Crippen molar-refractivity contribution in [3.05, 3.63) is 59.7 Å². The number of rotatable bonds is 5. The zero-order valence-corrected chi connectivity index (χ0v) is 18.6. The third-order valence-corrected chi connectivity index (χ3v) is 8.93. The number of hydrogen-bond donors (Lipinski definition) is 1. The summed E-state index contributed by atoms with van der Waals surface area (Å²) in [4.78, 5) is 14.2. The summed E-state index contributed by atoms with van der Waals surface area (Å²) in [5.41, 5.74) is 1.65. The number of carboxylic acids is 1. The summed E-state index contributed by atoms with van der Waals surface area (Å²) in [6.45, 7) is 2.28. The quantitative estimate of drug-likeness (QED) is 0.701. The number of sulfonamides is 1. The highest BCUT2D eigenvalue weighted by molar-refractivity contribution is 7.90. The standard InChI is InChI=1S/C22H23F3N2O5S/c1-15-14-26(17-6-8-18(9-7-17)32-22(23,24)25)12-13-27(15)33(30,31)21(20(28)29)11-10-16-4-2-3-5-19(16)21/h2-9,15H,10-14H2,1H3,(H,28,29). The first-order valence-corrected chi connectivity index (χ1v) is 11.8. The number of aryl methyl sites for hydroxylation is 1. The van der Waals surface area contributed by atoms with Crippen LogP contribution >= 0.6 is 0 Å². The van der Waals surface area contributed by atoms with Crippen molar-refractivity contribution in [3.8, 4) is 5.75 Å². The van der Waals surface area contributed by atoms with Crippen LogP contribution in [-0.4, -0.2) is 55.8 Å². The summed E-state index contributed by atoms with van der Waals surface area (Å²) < 4.78 is 67.7. The summed E-state index contributed by atoms with van der Waals surface area (Å²) in [6, 6.07) is 11.5. The van der Waals surface area contributed by atoms with E-state index in [0.29, 0.717) is 17.7 Å². The summed E-state index contributed by atoms with van der Waals surface area (Å²) in [5.74, 6) is -1.73. The minimum atomic E-state index is -4.78. The highest BCUT2D eigenvalue weighted by Gasteiger charge is 2.59. The highest BCUT2D eigenvalue weighted by atomic mass is 32.2. The number of ether oxygens (including phenoxy) is 1. The lowest BCUT2D eigenvalue weighted by atomic mass is 10.0. The molecule has 1 heterocycles. The van der Waals surface area contributed by atoms with Gasteiger partial charge in [0.15, 0.2) is 0 Å². The van der Waals surface area contributed by atoms with E-state index in [-0.39, 0.29) is 31.8 Å². The number of nitrogens with zero attached hydrogens (tertiary/aromatic N) is 2. The molecule has 0 aromatic heterocycles. The first-order chi connectivity index (χ1) is 15.5. The van der Waals surface area contributed by atoms with Crippen molar-refractivity contribution in [1.29, 1.82) is 0 Å². The maximum absolute atomic E-state index is 13.7.